The summed E-state index contributed by atoms with van der Waals surface area (Å²) in [6.07, 6.45) is 4.48. The number of hydrogen-bond donors (Lipinski definition) is 3. The third kappa shape index (κ3) is 4.63. The first-order chi connectivity index (χ1) is 9.97. The van der Waals surface area contributed by atoms with Gasteiger partial charge in [-0.2, -0.15) is 0 Å². The van der Waals surface area contributed by atoms with E-state index in [1.165, 1.54) is 0 Å². The minimum absolute atomic E-state index is 0.0151. The van der Waals surface area contributed by atoms with Crippen LogP contribution in [-0.4, -0.2) is 26.1 Å². The van der Waals surface area contributed by atoms with Crippen LogP contribution in [0.4, 0.5) is 5.69 Å². The van der Waals surface area contributed by atoms with Gasteiger partial charge in [0.2, 0.25) is 10.0 Å². The Bertz CT molecular complexity index is 595. The first kappa shape index (κ1) is 15.6. The van der Waals surface area contributed by atoms with E-state index in [1.807, 2.05) is 0 Å². The van der Waals surface area contributed by atoms with Crippen LogP contribution in [0.5, 0.6) is 5.75 Å². The topological polar surface area (TPSA) is 105 Å². The molecule has 1 aliphatic rings. The fraction of sp³-hybridized carbons (Fsp3) is 0.500. The molecule has 116 valence electrons. The van der Waals surface area contributed by atoms with Gasteiger partial charge in [0, 0.05) is 6.07 Å². The van der Waals surface area contributed by atoms with Crippen LogP contribution in [0, 0.1) is 5.41 Å². The van der Waals surface area contributed by atoms with Crippen LogP contribution in [0.1, 0.15) is 32.1 Å². The lowest BCUT2D eigenvalue weighted by Gasteiger charge is -2.22. The number of ether oxygens (including phenoxy) is 1. The van der Waals surface area contributed by atoms with Gasteiger partial charge in [0.15, 0.2) is 0 Å². The molecular weight excluding hydrogens is 290 g/mol. The van der Waals surface area contributed by atoms with Gasteiger partial charge in [-0.05, 0) is 25.0 Å². The summed E-state index contributed by atoms with van der Waals surface area (Å²) in [4.78, 5) is 0. The molecule has 4 N–H and O–H groups in total. The zero-order chi connectivity index (χ0) is 15.3. The Balaban J connectivity index is 2.04. The molecule has 0 spiro atoms. The highest BCUT2D eigenvalue weighted by Gasteiger charge is 2.27. The summed E-state index contributed by atoms with van der Waals surface area (Å²) in [5.41, 5.74) is 5.70. The average molecular weight is 311 g/mol. The predicted octanol–water partition coefficient (Wildman–Crippen LogP) is 2.08. The van der Waals surface area contributed by atoms with Crippen molar-refractivity contribution in [3.05, 3.63) is 24.3 Å². The molecule has 1 aromatic rings. The maximum atomic E-state index is 12.3. The van der Waals surface area contributed by atoms with Crippen molar-refractivity contribution >= 4 is 21.5 Å². The fourth-order valence-electron chi connectivity index (χ4n) is 2.43. The summed E-state index contributed by atoms with van der Waals surface area (Å²) in [7, 11) is -3.36. The molecule has 7 heteroatoms. The van der Waals surface area contributed by atoms with Gasteiger partial charge >= 0.3 is 0 Å². The Morgan fingerprint density at radius 1 is 1.33 bits per heavy atom. The van der Waals surface area contributed by atoms with Gasteiger partial charge in [0.1, 0.15) is 18.2 Å². The molecule has 21 heavy (non-hydrogen) atoms. The van der Waals surface area contributed by atoms with Crippen LogP contribution >= 0.6 is 0 Å². The Morgan fingerprint density at radius 2 is 2.05 bits per heavy atom. The highest BCUT2D eigenvalue weighted by Crippen LogP contribution is 2.26. The van der Waals surface area contributed by atoms with Crippen molar-refractivity contribution < 1.29 is 13.2 Å². The summed E-state index contributed by atoms with van der Waals surface area (Å²) in [6, 6.07) is 6.68. The number of rotatable bonds is 6. The van der Waals surface area contributed by atoms with E-state index in [4.69, 9.17) is 15.9 Å². The molecule has 0 atom stereocenters. The molecule has 1 fully saturated rings. The molecular formula is C14H21N3O3S. The molecule has 0 aromatic heterocycles. The lowest BCUT2D eigenvalue weighted by Crippen LogP contribution is -2.29. The lowest BCUT2D eigenvalue weighted by molar-refractivity contribution is 0.374. The minimum atomic E-state index is -3.36. The van der Waals surface area contributed by atoms with E-state index in [9.17, 15) is 8.42 Å². The smallest absolute Gasteiger partial charge is 0.235 e. The number of anilines is 1. The van der Waals surface area contributed by atoms with Gasteiger partial charge in [0.25, 0.3) is 0 Å². The number of amidine groups is 1. The molecule has 0 saturated heterocycles. The maximum Gasteiger partial charge on any atom is 0.235 e. The van der Waals surface area contributed by atoms with E-state index < -0.39 is 10.0 Å². The highest BCUT2D eigenvalue weighted by molar-refractivity contribution is 7.93. The molecule has 0 amide bonds. The zero-order valence-electron chi connectivity index (χ0n) is 11.8. The first-order valence-electron chi connectivity index (χ1n) is 7.05. The van der Waals surface area contributed by atoms with Crippen molar-refractivity contribution in [2.24, 2.45) is 5.73 Å². The molecule has 0 heterocycles. The van der Waals surface area contributed by atoms with Gasteiger partial charge in [-0.3, -0.25) is 10.1 Å². The average Bonchev–Trinajstić information content (AvgIpc) is 2.46. The van der Waals surface area contributed by atoms with Gasteiger partial charge in [0.05, 0.1) is 10.9 Å². The molecule has 2 rings (SSSR count). The second-order valence-electron chi connectivity index (χ2n) is 5.25. The summed E-state index contributed by atoms with van der Waals surface area (Å²) in [5, 5.41) is 6.80. The normalized spacial score (nSPS) is 16.4. The van der Waals surface area contributed by atoms with Crippen LogP contribution in [0.15, 0.2) is 24.3 Å². The van der Waals surface area contributed by atoms with Crippen LogP contribution in [0.3, 0.4) is 0 Å². The van der Waals surface area contributed by atoms with E-state index >= 15 is 0 Å². The Kier molecular flexibility index (Phi) is 5.06. The van der Waals surface area contributed by atoms with Crippen LogP contribution in [0.25, 0.3) is 0 Å². The van der Waals surface area contributed by atoms with Crippen LogP contribution < -0.4 is 15.2 Å². The molecule has 6 nitrogen and oxygen atoms in total. The predicted molar refractivity (Wildman–Crippen MR) is 83.3 cm³/mol. The van der Waals surface area contributed by atoms with Crippen LogP contribution in [-0.2, 0) is 10.0 Å². The maximum absolute atomic E-state index is 12.3. The Hall–Kier alpha value is -1.76. The standard InChI is InChI=1S/C14H21N3O3S/c15-14(16)10-20-12-6-4-5-11(9-12)17-21(18,19)13-7-2-1-3-8-13/h4-6,9,13,17H,1-3,7-8,10H2,(H3,15,16). The van der Waals surface area contributed by atoms with Crippen molar-refractivity contribution in [3.8, 4) is 5.75 Å². The quantitative estimate of drug-likeness (QED) is 0.552. The SMILES string of the molecule is N=C(N)COc1cccc(NS(=O)(=O)C2CCCCC2)c1. The Labute approximate surface area is 125 Å². The van der Waals surface area contributed by atoms with Crippen molar-refractivity contribution in [3.63, 3.8) is 0 Å². The summed E-state index contributed by atoms with van der Waals surface area (Å²) >= 11 is 0. The lowest BCUT2D eigenvalue weighted by atomic mass is 10.0. The van der Waals surface area contributed by atoms with Crippen molar-refractivity contribution in [1.82, 2.24) is 0 Å². The molecule has 1 aliphatic carbocycles. The van der Waals surface area contributed by atoms with E-state index in [0.717, 1.165) is 32.1 Å². The zero-order valence-corrected chi connectivity index (χ0v) is 12.7. The van der Waals surface area contributed by atoms with Crippen molar-refractivity contribution in [2.75, 3.05) is 11.3 Å². The third-order valence-electron chi connectivity index (χ3n) is 3.48. The van der Waals surface area contributed by atoms with Gasteiger partial charge < -0.3 is 10.5 Å². The second-order valence-corrected chi connectivity index (χ2v) is 7.21. The minimum Gasteiger partial charge on any atom is -0.486 e. The molecule has 1 saturated carbocycles. The molecule has 0 aliphatic heterocycles. The number of nitrogens with one attached hydrogen (secondary N) is 2. The molecule has 0 radical (unpaired) electrons. The van der Waals surface area contributed by atoms with E-state index in [2.05, 4.69) is 4.72 Å². The van der Waals surface area contributed by atoms with Gasteiger partial charge in [-0.15, -0.1) is 0 Å². The molecule has 1 aromatic carbocycles. The second kappa shape index (κ2) is 6.80. The number of nitrogens with two attached hydrogens (primary N) is 1. The van der Waals surface area contributed by atoms with E-state index in [1.54, 1.807) is 24.3 Å². The van der Waals surface area contributed by atoms with Gasteiger partial charge in [-0.1, -0.05) is 25.3 Å². The Morgan fingerprint density at radius 3 is 2.71 bits per heavy atom. The van der Waals surface area contributed by atoms with Crippen molar-refractivity contribution in [2.45, 2.75) is 37.4 Å². The van der Waals surface area contributed by atoms with Gasteiger partial charge in [-0.25, -0.2) is 8.42 Å². The van der Waals surface area contributed by atoms with E-state index in [-0.39, 0.29) is 17.7 Å². The number of hydrogen-bond acceptors (Lipinski definition) is 4. The van der Waals surface area contributed by atoms with E-state index in [0.29, 0.717) is 11.4 Å². The molecule has 0 bridgehead atoms. The summed E-state index contributed by atoms with van der Waals surface area (Å²) in [6.45, 7) is -0.0151. The van der Waals surface area contributed by atoms with Crippen LogP contribution in [0.2, 0.25) is 0 Å². The highest BCUT2D eigenvalue weighted by atomic mass is 32.2. The largest absolute Gasteiger partial charge is 0.486 e. The molecule has 0 unspecified atom stereocenters. The summed E-state index contributed by atoms with van der Waals surface area (Å²) in [5.74, 6) is 0.400. The number of benzene rings is 1. The summed E-state index contributed by atoms with van der Waals surface area (Å²) < 4.78 is 32.6. The third-order valence-corrected chi connectivity index (χ3v) is 5.35. The monoisotopic (exact) mass is 311 g/mol. The van der Waals surface area contributed by atoms with Crippen molar-refractivity contribution in [1.29, 1.82) is 5.41 Å². The fourth-order valence-corrected chi connectivity index (χ4v) is 4.01. The first-order valence-corrected chi connectivity index (χ1v) is 8.59. The number of sulfonamides is 1.